The molecule has 106 valence electrons. The van der Waals surface area contributed by atoms with E-state index in [1.54, 1.807) is 7.05 Å². The number of hydrogen-bond acceptors (Lipinski definition) is 1. The minimum Gasteiger partial charge on any atom is -0.322 e. The molecule has 6 heteroatoms. The molecule has 0 aliphatic carbocycles. The highest BCUT2D eigenvalue weighted by Crippen LogP contribution is 2.33. The Bertz CT molecular complexity index is 315. The molecule has 1 fully saturated rings. The van der Waals surface area contributed by atoms with Crippen molar-refractivity contribution in [1.29, 1.82) is 0 Å². The molecule has 0 bridgehead atoms. The van der Waals surface area contributed by atoms with Gasteiger partial charge in [0.2, 0.25) is 0 Å². The summed E-state index contributed by atoms with van der Waals surface area (Å²) in [6.07, 6.45) is -4.35. The Hall–Kier alpha value is -0.940. The average molecular weight is 266 g/mol. The standard InChI is InChI=1S/C12H21F3N2O/c1-7(2)9-10(8(3)4)17(6-12(13,14)15)11(18)16(9)5/h7-10H,6H2,1-5H3. The normalized spacial score (nSPS) is 25.8. The molecule has 0 N–H and O–H groups in total. The van der Waals surface area contributed by atoms with Crippen LogP contribution in [0.4, 0.5) is 18.0 Å². The highest BCUT2D eigenvalue weighted by molar-refractivity contribution is 5.77. The van der Waals surface area contributed by atoms with Crippen molar-refractivity contribution in [3.05, 3.63) is 0 Å². The van der Waals surface area contributed by atoms with Crippen LogP contribution in [0.1, 0.15) is 27.7 Å². The second kappa shape index (κ2) is 4.97. The Balaban J connectivity index is 3.04. The summed E-state index contributed by atoms with van der Waals surface area (Å²) >= 11 is 0. The minimum atomic E-state index is -4.35. The van der Waals surface area contributed by atoms with Crippen LogP contribution in [0.3, 0.4) is 0 Å². The van der Waals surface area contributed by atoms with E-state index >= 15 is 0 Å². The van der Waals surface area contributed by atoms with Gasteiger partial charge in [0.05, 0.1) is 12.1 Å². The zero-order valence-electron chi connectivity index (χ0n) is 11.5. The number of amides is 2. The third-order valence-electron chi connectivity index (χ3n) is 3.42. The maximum absolute atomic E-state index is 12.6. The molecule has 0 aromatic heterocycles. The van der Waals surface area contributed by atoms with Gasteiger partial charge in [-0.25, -0.2) is 4.79 Å². The van der Waals surface area contributed by atoms with Crippen molar-refractivity contribution >= 4 is 6.03 Å². The van der Waals surface area contributed by atoms with Crippen molar-refractivity contribution in [2.24, 2.45) is 11.8 Å². The quantitative estimate of drug-likeness (QED) is 0.770. The second-order valence-corrected chi connectivity index (χ2v) is 5.61. The predicted molar refractivity (Wildman–Crippen MR) is 63.2 cm³/mol. The van der Waals surface area contributed by atoms with Crippen LogP contribution >= 0.6 is 0 Å². The molecule has 1 aliphatic heterocycles. The zero-order chi connectivity index (χ0) is 14.2. The van der Waals surface area contributed by atoms with Gasteiger partial charge in [-0.3, -0.25) is 0 Å². The van der Waals surface area contributed by atoms with Gasteiger partial charge in [0.25, 0.3) is 0 Å². The van der Waals surface area contributed by atoms with Crippen LogP contribution in [0.15, 0.2) is 0 Å². The van der Waals surface area contributed by atoms with E-state index in [2.05, 4.69) is 0 Å². The maximum Gasteiger partial charge on any atom is 0.406 e. The summed E-state index contributed by atoms with van der Waals surface area (Å²) in [4.78, 5) is 14.4. The fourth-order valence-corrected chi connectivity index (χ4v) is 2.83. The number of urea groups is 1. The van der Waals surface area contributed by atoms with E-state index in [1.165, 1.54) is 4.90 Å². The van der Waals surface area contributed by atoms with E-state index in [4.69, 9.17) is 0 Å². The molecule has 0 spiro atoms. The highest BCUT2D eigenvalue weighted by atomic mass is 19.4. The van der Waals surface area contributed by atoms with Crippen molar-refractivity contribution in [3.63, 3.8) is 0 Å². The second-order valence-electron chi connectivity index (χ2n) is 5.61. The van der Waals surface area contributed by atoms with Gasteiger partial charge in [-0.1, -0.05) is 27.7 Å². The summed E-state index contributed by atoms with van der Waals surface area (Å²) in [7, 11) is 1.58. The van der Waals surface area contributed by atoms with Crippen LogP contribution in [-0.2, 0) is 0 Å². The molecule has 2 atom stereocenters. The maximum atomic E-state index is 12.6. The Morgan fingerprint density at radius 3 is 1.89 bits per heavy atom. The molecule has 0 aromatic carbocycles. The lowest BCUT2D eigenvalue weighted by molar-refractivity contribution is -0.143. The van der Waals surface area contributed by atoms with Gasteiger partial charge in [0.1, 0.15) is 6.54 Å². The Morgan fingerprint density at radius 2 is 1.56 bits per heavy atom. The largest absolute Gasteiger partial charge is 0.406 e. The van der Waals surface area contributed by atoms with Gasteiger partial charge in [0, 0.05) is 7.05 Å². The number of carbonyl (C=O) groups is 1. The van der Waals surface area contributed by atoms with Gasteiger partial charge in [-0.05, 0) is 11.8 Å². The lowest BCUT2D eigenvalue weighted by Crippen LogP contribution is -2.46. The summed E-state index contributed by atoms with van der Waals surface area (Å²) < 4.78 is 37.7. The van der Waals surface area contributed by atoms with E-state index < -0.39 is 18.8 Å². The van der Waals surface area contributed by atoms with Gasteiger partial charge in [0.15, 0.2) is 0 Å². The van der Waals surface area contributed by atoms with E-state index in [0.717, 1.165) is 4.90 Å². The fourth-order valence-electron chi connectivity index (χ4n) is 2.83. The average Bonchev–Trinajstić information content (AvgIpc) is 2.40. The first-order valence-corrected chi connectivity index (χ1v) is 6.16. The van der Waals surface area contributed by atoms with E-state index in [9.17, 15) is 18.0 Å². The van der Waals surface area contributed by atoms with Crippen molar-refractivity contribution in [2.75, 3.05) is 13.6 Å². The molecular formula is C12H21F3N2O. The molecule has 1 aliphatic rings. The molecule has 2 amide bonds. The number of alkyl halides is 3. The fraction of sp³-hybridized carbons (Fsp3) is 0.917. The third kappa shape index (κ3) is 2.90. The topological polar surface area (TPSA) is 23.6 Å². The summed E-state index contributed by atoms with van der Waals surface area (Å²) in [5.74, 6) is 0.123. The molecule has 2 unspecified atom stereocenters. The lowest BCUT2D eigenvalue weighted by Gasteiger charge is -2.32. The van der Waals surface area contributed by atoms with E-state index in [0.29, 0.717) is 0 Å². The van der Waals surface area contributed by atoms with Crippen LogP contribution < -0.4 is 0 Å². The lowest BCUT2D eigenvalue weighted by atomic mass is 9.89. The Kier molecular flexibility index (Phi) is 4.18. The number of nitrogens with zero attached hydrogens (tertiary/aromatic N) is 2. The molecule has 1 heterocycles. The molecule has 0 saturated carbocycles. The summed E-state index contributed by atoms with van der Waals surface area (Å²) in [5.41, 5.74) is 0. The Morgan fingerprint density at radius 1 is 1.11 bits per heavy atom. The summed E-state index contributed by atoms with van der Waals surface area (Å²) in [6.45, 7) is 6.41. The van der Waals surface area contributed by atoms with Crippen LogP contribution in [0.2, 0.25) is 0 Å². The van der Waals surface area contributed by atoms with Gasteiger partial charge < -0.3 is 9.80 Å². The van der Waals surface area contributed by atoms with Crippen molar-refractivity contribution in [3.8, 4) is 0 Å². The van der Waals surface area contributed by atoms with Gasteiger partial charge >= 0.3 is 12.2 Å². The molecular weight excluding hydrogens is 245 g/mol. The van der Waals surface area contributed by atoms with Crippen LogP contribution in [0.5, 0.6) is 0 Å². The zero-order valence-corrected chi connectivity index (χ0v) is 11.5. The van der Waals surface area contributed by atoms with Gasteiger partial charge in [-0.2, -0.15) is 13.2 Å². The molecule has 18 heavy (non-hydrogen) atoms. The molecule has 3 nitrogen and oxygen atoms in total. The molecule has 0 aromatic rings. The van der Waals surface area contributed by atoms with Gasteiger partial charge in [-0.15, -0.1) is 0 Å². The number of hydrogen-bond donors (Lipinski definition) is 0. The Labute approximate surface area is 106 Å². The summed E-state index contributed by atoms with van der Waals surface area (Å²) in [5, 5.41) is 0. The van der Waals surface area contributed by atoms with Crippen molar-refractivity contribution < 1.29 is 18.0 Å². The first-order chi connectivity index (χ1) is 8.06. The molecule has 0 radical (unpaired) electrons. The number of rotatable bonds is 3. The highest BCUT2D eigenvalue weighted by Gasteiger charge is 2.49. The van der Waals surface area contributed by atoms with Crippen molar-refractivity contribution in [1.82, 2.24) is 9.80 Å². The first-order valence-electron chi connectivity index (χ1n) is 6.16. The predicted octanol–water partition coefficient (Wildman–Crippen LogP) is 2.97. The number of likely N-dealkylation sites (N-methyl/N-ethyl adjacent to an activating group) is 1. The number of carbonyl (C=O) groups excluding carboxylic acids is 1. The molecule has 1 saturated heterocycles. The van der Waals surface area contributed by atoms with E-state index in [-0.39, 0.29) is 23.9 Å². The SMILES string of the molecule is CC(C)C1C(C(C)C)N(CC(F)(F)F)C(=O)N1C. The number of halogens is 3. The monoisotopic (exact) mass is 266 g/mol. The third-order valence-corrected chi connectivity index (χ3v) is 3.42. The van der Waals surface area contributed by atoms with Crippen LogP contribution in [0.25, 0.3) is 0 Å². The minimum absolute atomic E-state index is 0.00588. The smallest absolute Gasteiger partial charge is 0.322 e. The molecule has 1 rings (SSSR count). The van der Waals surface area contributed by atoms with Crippen molar-refractivity contribution in [2.45, 2.75) is 46.0 Å². The van der Waals surface area contributed by atoms with E-state index in [1.807, 2.05) is 27.7 Å². The first kappa shape index (κ1) is 15.1. The van der Waals surface area contributed by atoms with Crippen LogP contribution in [-0.4, -0.2) is 47.7 Å². The van der Waals surface area contributed by atoms with Crippen LogP contribution in [0, 0.1) is 11.8 Å². The summed E-state index contributed by atoms with van der Waals surface area (Å²) in [6, 6.07) is -1.08.